The van der Waals surface area contributed by atoms with Gasteiger partial charge in [0.15, 0.2) is 0 Å². The molecule has 0 aromatic heterocycles. The van der Waals surface area contributed by atoms with E-state index in [0.717, 1.165) is 12.8 Å². The van der Waals surface area contributed by atoms with Gasteiger partial charge in [-0.1, -0.05) is 76.2 Å². The van der Waals surface area contributed by atoms with E-state index >= 15 is 0 Å². The van der Waals surface area contributed by atoms with E-state index in [0.29, 0.717) is 6.61 Å². The van der Waals surface area contributed by atoms with Crippen molar-refractivity contribution in [3.63, 3.8) is 0 Å². The molecule has 3 heteroatoms. The molecule has 1 N–H and O–H groups in total. The van der Waals surface area contributed by atoms with Crippen LogP contribution in [0.2, 0.25) is 0 Å². The van der Waals surface area contributed by atoms with Crippen molar-refractivity contribution < 1.29 is 9.53 Å². The fourth-order valence-corrected chi connectivity index (χ4v) is 3.84. The Morgan fingerprint density at radius 3 is 2.08 bits per heavy atom. The highest BCUT2D eigenvalue weighted by atomic mass is 16.5. The number of hydrogen-bond acceptors (Lipinski definition) is 2. The van der Waals surface area contributed by atoms with Crippen LogP contribution in [0, 0.1) is 5.41 Å². The minimum Gasteiger partial charge on any atom is -0.449 e. The fraction of sp³-hybridized carbons (Fsp3) is 0.435. The summed E-state index contributed by atoms with van der Waals surface area (Å²) in [6, 6.07) is 16.9. The van der Waals surface area contributed by atoms with Crippen LogP contribution in [-0.2, 0) is 4.74 Å². The van der Waals surface area contributed by atoms with Crippen LogP contribution in [0.4, 0.5) is 4.79 Å². The molecule has 0 spiro atoms. The lowest BCUT2D eigenvalue weighted by molar-refractivity contribution is 0.135. The summed E-state index contributed by atoms with van der Waals surface area (Å²) in [5.41, 5.74) is 5.15. The van der Waals surface area contributed by atoms with Gasteiger partial charge in [0.05, 0.1) is 0 Å². The highest BCUT2D eigenvalue weighted by Gasteiger charge is 2.29. The normalized spacial score (nSPS) is 14.5. The minimum atomic E-state index is -0.317. The number of hydrogen-bond donors (Lipinski definition) is 1. The Morgan fingerprint density at radius 1 is 1.04 bits per heavy atom. The fourth-order valence-electron chi connectivity index (χ4n) is 3.84. The van der Waals surface area contributed by atoms with Crippen LogP contribution < -0.4 is 5.32 Å². The molecule has 0 unspecified atom stereocenters. The Bertz CT molecular complexity index is 730. The Kier molecular flexibility index (Phi) is 5.36. The molecule has 3 rings (SSSR count). The van der Waals surface area contributed by atoms with Gasteiger partial charge >= 0.3 is 6.09 Å². The van der Waals surface area contributed by atoms with Gasteiger partial charge in [0.25, 0.3) is 0 Å². The van der Waals surface area contributed by atoms with E-state index in [2.05, 4.69) is 69.4 Å². The molecule has 1 aliphatic rings. The predicted molar refractivity (Wildman–Crippen MR) is 106 cm³/mol. The number of amides is 1. The van der Waals surface area contributed by atoms with Crippen molar-refractivity contribution in [2.45, 2.75) is 52.5 Å². The van der Waals surface area contributed by atoms with Crippen LogP contribution in [0.25, 0.3) is 11.1 Å². The molecule has 0 aliphatic heterocycles. The number of alkyl carbamates (subject to hydrolysis) is 1. The van der Waals surface area contributed by atoms with E-state index in [1.165, 1.54) is 22.3 Å². The van der Waals surface area contributed by atoms with Gasteiger partial charge in [-0.05, 0) is 40.5 Å². The number of ether oxygens (including phenoxy) is 1. The van der Waals surface area contributed by atoms with E-state index in [-0.39, 0.29) is 23.5 Å². The second kappa shape index (κ2) is 7.53. The van der Waals surface area contributed by atoms with Gasteiger partial charge < -0.3 is 10.1 Å². The molecular weight excluding hydrogens is 322 g/mol. The number of carbonyl (C=O) groups is 1. The maximum Gasteiger partial charge on any atom is 0.407 e. The van der Waals surface area contributed by atoms with Crippen molar-refractivity contribution >= 4 is 6.09 Å². The van der Waals surface area contributed by atoms with Gasteiger partial charge in [-0.15, -0.1) is 0 Å². The molecule has 2 aromatic rings. The van der Waals surface area contributed by atoms with Gasteiger partial charge in [0.1, 0.15) is 6.61 Å². The number of rotatable bonds is 5. The average Bonchev–Trinajstić information content (AvgIpc) is 2.92. The summed E-state index contributed by atoms with van der Waals surface area (Å²) in [5, 5.41) is 3.03. The van der Waals surface area contributed by atoms with E-state index in [1.54, 1.807) is 0 Å². The number of carbonyl (C=O) groups excluding carboxylic acids is 1. The lowest BCUT2D eigenvalue weighted by atomic mass is 9.87. The summed E-state index contributed by atoms with van der Waals surface area (Å²) in [7, 11) is 0. The topological polar surface area (TPSA) is 38.3 Å². The van der Waals surface area contributed by atoms with Crippen molar-refractivity contribution in [1.29, 1.82) is 0 Å². The number of nitrogens with one attached hydrogen (secondary N) is 1. The molecule has 26 heavy (non-hydrogen) atoms. The first-order valence-electron chi connectivity index (χ1n) is 9.50. The standard InChI is InChI=1S/C23H29NO2/c1-5-16(14-23(2,3)4)24-22(25)26-15-21-19-12-8-6-10-17(19)18-11-7-9-13-20(18)21/h6-13,16,21H,5,14-15H2,1-4H3,(H,24,25)/t16-/m0/s1. The molecule has 0 heterocycles. The highest BCUT2D eigenvalue weighted by molar-refractivity contribution is 5.79. The summed E-state index contributed by atoms with van der Waals surface area (Å²) < 4.78 is 5.64. The first-order valence-corrected chi connectivity index (χ1v) is 9.50. The van der Waals surface area contributed by atoms with Gasteiger partial charge in [-0.3, -0.25) is 0 Å². The molecule has 3 nitrogen and oxygen atoms in total. The maximum absolute atomic E-state index is 12.3. The monoisotopic (exact) mass is 351 g/mol. The zero-order valence-corrected chi connectivity index (χ0v) is 16.2. The molecule has 0 fully saturated rings. The van der Waals surface area contributed by atoms with Gasteiger partial charge in [0, 0.05) is 12.0 Å². The SMILES string of the molecule is CC[C@@H](CC(C)(C)C)NC(=O)OCC1c2ccccc2-c2ccccc21. The number of benzene rings is 2. The lowest BCUT2D eigenvalue weighted by Crippen LogP contribution is -2.37. The minimum absolute atomic E-state index is 0.107. The molecule has 2 aromatic carbocycles. The largest absolute Gasteiger partial charge is 0.449 e. The second-order valence-electron chi connectivity index (χ2n) is 8.34. The van der Waals surface area contributed by atoms with Crippen molar-refractivity contribution in [3.8, 4) is 11.1 Å². The van der Waals surface area contributed by atoms with E-state index < -0.39 is 0 Å². The van der Waals surface area contributed by atoms with Crippen molar-refractivity contribution in [1.82, 2.24) is 5.32 Å². The molecule has 138 valence electrons. The van der Waals surface area contributed by atoms with E-state index in [4.69, 9.17) is 4.74 Å². The zero-order valence-electron chi connectivity index (χ0n) is 16.2. The van der Waals surface area contributed by atoms with Gasteiger partial charge in [-0.25, -0.2) is 4.79 Å². The second-order valence-corrected chi connectivity index (χ2v) is 8.34. The zero-order chi connectivity index (χ0) is 18.7. The molecule has 0 saturated carbocycles. The first-order chi connectivity index (χ1) is 12.4. The van der Waals surface area contributed by atoms with Crippen LogP contribution in [0.15, 0.2) is 48.5 Å². The van der Waals surface area contributed by atoms with Crippen molar-refractivity contribution in [2.75, 3.05) is 6.61 Å². The van der Waals surface area contributed by atoms with E-state index in [9.17, 15) is 4.79 Å². The van der Waals surface area contributed by atoms with Crippen LogP contribution in [0.5, 0.6) is 0 Å². The Hall–Kier alpha value is -2.29. The third kappa shape index (κ3) is 4.09. The maximum atomic E-state index is 12.3. The van der Waals surface area contributed by atoms with Crippen molar-refractivity contribution in [2.24, 2.45) is 5.41 Å². The third-order valence-electron chi connectivity index (χ3n) is 5.02. The Morgan fingerprint density at radius 2 is 1.58 bits per heavy atom. The van der Waals surface area contributed by atoms with Gasteiger partial charge in [0.2, 0.25) is 0 Å². The molecule has 0 bridgehead atoms. The molecule has 1 amide bonds. The molecule has 0 saturated heterocycles. The Balaban J connectivity index is 1.67. The molecule has 1 aliphatic carbocycles. The van der Waals surface area contributed by atoms with Crippen LogP contribution in [-0.4, -0.2) is 18.7 Å². The third-order valence-corrected chi connectivity index (χ3v) is 5.02. The first kappa shape index (κ1) is 18.5. The van der Waals surface area contributed by atoms with Crippen LogP contribution in [0.1, 0.15) is 57.6 Å². The van der Waals surface area contributed by atoms with Crippen molar-refractivity contribution in [3.05, 3.63) is 59.7 Å². The highest BCUT2D eigenvalue weighted by Crippen LogP contribution is 2.44. The molecule has 0 radical (unpaired) electrons. The quantitative estimate of drug-likeness (QED) is 0.746. The average molecular weight is 351 g/mol. The molecule has 1 atom stereocenters. The summed E-state index contributed by atoms with van der Waals surface area (Å²) >= 11 is 0. The van der Waals surface area contributed by atoms with Crippen LogP contribution in [0.3, 0.4) is 0 Å². The summed E-state index contributed by atoms with van der Waals surface area (Å²) in [6.07, 6.45) is 1.53. The summed E-state index contributed by atoms with van der Waals surface area (Å²) in [6.45, 7) is 9.03. The lowest BCUT2D eigenvalue weighted by Gasteiger charge is -2.26. The smallest absolute Gasteiger partial charge is 0.407 e. The molecular formula is C23H29NO2. The number of fused-ring (bicyclic) bond motifs is 3. The van der Waals surface area contributed by atoms with E-state index in [1.807, 2.05) is 12.1 Å². The predicted octanol–water partition coefficient (Wildman–Crippen LogP) is 5.74. The summed E-state index contributed by atoms with van der Waals surface area (Å²) in [5.74, 6) is 0.107. The summed E-state index contributed by atoms with van der Waals surface area (Å²) in [4.78, 5) is 12.3. The van der Waals surface area contributed by atoms with Gasteiger partial charge in [-0.2, -0.15) is 0 Å². The van der Waals surface area contributed by atoms with Crippen LogP contribution >= 0.6 is 0 Å². The Labute approximate surface area is 156 Å².